The van der Waals surface area contributed by atoms with Gasteiger partial charge in [-0.1, -0.05) is 12.1 Å². The van der Waals surface area contributed by atoms with Crippen LogP contribution in [0.5, 0.6) is 0 Å². The van der Waals surface area contributed by atoms with Crippen LogP contribution in [-0.2, 0) is 0 Å². The molecule has 0 saturated carbocycles. The van der Waals surface area contributed by atoms with Crippen molar-refractivity contribution in [1.29, 1.82) is 0 Å². The molecule has 46 valence electrons. The van der Waals surface area contributed by atoms with Gasteiger partial charge in [0.05, 0.1) is 0 Å². The molecule has 4 heteroatoms. The molecule has 4 nitrogen and oxygen atoms in total. The first-order valence-corrected chi connectivity index (χ1v) is 2.44. The molecule has 0 aliphatic rings. The average molecular weight is 114 g/mol. The van der Waals surface area contributed by atoms with Crippen molar-refractivity contribution in [2.45, 2.75) is 20.3 Å². The first-order chi connectivity index (χ1) is 3.81. The standard InChI is InChI=1S/C4H10N4/c1-3-4(2)6-8-7-5/h3H2,1-2H3,(H2,5,8)/b6-4+. The fourth-order valence-electron chi connectivity index (χ4n) is 0.173. The lowest BCUT2D eigenvalue weighted by Gasteiger charge is -1.83. The molecule has 0 spiro atoms. The second-order valence-electron chi connectivity index (χ2n) is 1.39. The predicted octanol–water partition coefficient (Wildman–Crippen LogP) is 1.10. The third kappa shape index (κ3) is 3.27. The molecule has 0 fully saturated rings. The van der Waals surface area contributed by atoms with Gasteiger partial charge in [0.1, 0.15) is 0 Å². The van der Waals surface area contributed by atoms with Gasteiger partial charge in [-0.05, 0) is 18.6 Å². The van der Waals surface area contributed by atoms with Gasteiger partial charge in [0.15, 0.2) is 0 Å². The van der Waals surface area contributed by atoms with Gasteiger partial charge in [0.25, 0.3) is 0 Å². The molecule has 0 radical (unpaired) electrons. The molecule has 0 atom stereocenters. The van der Waals surface area contributed by atoms with E-state index in [1.54, 1.807) is 0 Å². The van der Waals surface area contributed by atoms with Crippen LogP contribution in [0.15, 0.2) is 15.5 Å². The Hall–Kier alpha value is -0.930. The molecule has 0 aromatic carbocycles. The van der Waals surface area contributed by atoms with E-state index in [4.69, 9.17) is 0 Å². The first kappa shape index (κ1) is 7.07. The summed E-state index contributed by atoms with van der Waals surface area (Å²) in [5.41, 5.74) is 0.930. The lowest BCUT2D eigenvalue weighted by molar-refractivity contribution is 0.947. The minimum atomic E-state index is 0.888. The van der Waals surface area contributed by atoms with Crippen molar-refractivity contribution in [2.24, 2.45) is 21.4 Å². The summed E-state index contributed by atoms with van der Waals surface area (Å²) < 4.78 is 0. The topological polar surface area (TPSA) is 63.1 Å². The van der Waals surface area contributed by atoms with Gasteiger partial charge >= 0.3 is 0 Å². The van der Waals surface area contributed by atoms with Gasteiger partial charge in [-0.3, -0.25) is 0 Å². The third-order valence-corrected chi connectivity index (χ3v) is 0.779. The van der Waals surface area contributed by atoms with Crippen molar-refractivity contribution in [3.63, 3.8) is 0 Å². The van der Waals surface area contributed by atoms with Crippen molar-refractivity contribution >= 4 is 5.71 Å². The van der Waals surface area contributed by atoms with E-state index < -0.39 is 0 Å². The van der Waals surface area contributed by atoms with Crippen molar-refractivity contribution in [1.82, 2.24) is 0 Å². The Balaban J connectivity index is 3.57. The maximum atomic E-state index is 4.68. The number of hydrogen-bond donors (Lipinski definition) is 1. The smallest absolute Gasteiger partial charge is 0.0391 e. The van der Waals surface area contributed by atoms with E-state index >= 15 is 0 Å². The predicted molar refractivity (Wildman–Crippen MR) is 32.4 cm³/mol. The summed E-state index contributed by atoms with van der Waals surface area (Å²) in [6.07, 6.45) is 0.888. The number of rotatable bonds is 2. The van der Waals surface area contributed by atoms with E-state index in [1.165, 1.54) is 0 Å². The van der Waals surface area contributed by atoms with Crippen molar-refractivity contribution in [3.8, 4) is 0 Å². The van der Waals surface area contributed by atoms with Crippen LogP contribution in [0.1, 0.15) is 20.3 Å². The minimum absolute atomic E-state index is 0.888. The molecule has 0 heterocycles. The Bertz CT molecular complexity index is 105. The van der Waals surface area contributed by atoms with Crippen molar-refractivity contribution in [2.75, 3.05) is 0 Å². The van der Waals surface area contributed by atoms with Crippen LogP contribution in [0.25, 0.3) is 0 Å². The Kier molecular flexibility index (Phi) is 3.74. The molecule has 0 unspecified atom stereocenters. The van der Waals surface area contributed by atoms with E-state index in [0.717, 1.165) is 12.1 Å². The second kappa shape index (κ2) is 4.23. The summed E-state index contributed by atoms with van der Waals surface area (Å²) in [4.78, 5) is 0. The highest BCUT2D eigenvalue weighted by atomic mass is 15.5. The normalized spacial score (nSPS) is 13.0. The first-order valence-electron chi connectivity index (χ1n) is 2.44. The number of nitrogens with zero attached hydrogens (tertiary/aromatic N) is 3. The van der Waals surface area contributed by atoms with Gasteiger partial charge in [-0.25, -0.2) is 0 Å². The molecular formula is C4H10N4. The van der Waals surface area contributed by atoms with Crippen molar-refractivity contribution < 1.29 is 0 Å². The Morgan fingerprint density at radius 2 is 2.25 bits per heavy atom. The van der Waals surface area contributed by atoms with Crippen LogP contribution in [0.2, 0.25) is 0 Å². The largest absolute Gasteiger partial charge is 0.303 e. The molecule has 0 aliphatic carbocycles. The minimum Gasteiger partial charge on any atom is -0.303 e. The summed E-state index contributed by atoms with van der Waals surface area (Å²) in [6, 6.07) is 0. The summed E-state index contributed by atoms with van der Waals surface area (Å²) in [5.74, 6) is 4.68. The zero-order valence-electron chi connectivity index (χ0n) is 5.13. The van der Waals surface area contributed by atoms with Crippen LogP contribution in [-0.4, -0.2) is 5.71 Å². The van der Waals surface area contributed by atoms with Crippen LogP contribution < -0.4 is 5.84 Å². The summed E-state index contributed by atoms with van der Waals surface area (Å²) in [6.45, 7) is 3.86. The van der Waals surface area contributed by atoms with Crippen LogP contribution in [0.3, 0.4) is 0 Å². The van der Waals surface area contributed by atoms with Crippen molar-refractivity contribution in [3.05, 3.63) is 0 Å². The molecule has 8 heavy (non-hydrogen) atoms. The zero-order chi connectivity index (χ0) is 6.41. The fraction of sp³-hybridized carbons (Fsp3) is 0.750. The lowest BCUT2D eigenvalue weighted by atomic mass is 10.3. The van der Waals surface area contributed by atoms with Gasteiger partial charge in [0, 0.05) is 5.71 Å². The summed E-state index contributed by atoms with van der Waals surface area (Å²) in [7, 11) is 0. The van der Waals surface area contributed by atoms with E-state index in [1.807, 2.05) is 13.8 Å². The number of hydrogen-bond acceptors (Lipinski definition) is 2. The lowest BCUT2D eigenvalue weighted by Crippen LogP contribution is -1.84. The van der Waals surface area contributed by atoms with Gasteiger partial charge in [-0.15, -0.1) is 5.10 Å². The van der Waals surface area contributed by atoms with E-state index in [-0.39, 0.29) is 0 Å². The SMILES string of the molecule is CC/C(C)=N/N=N\N. The molecule has 0 aromatic heterocycles. The quantitative estimate of drug-likeness (QED) is 0.248. The molecule has 0 rings (SSSR count). The summed E-state index contributed by atoms with van der Waals surface area (Å²) >= 11 is 0. The molecule has 0 bridgehead atoms. The third-order valence-electron chi connectivity index (χ3n) is 0.779. The zero-order valence-corrected chi connectivity index (χ0v) is 5.13. The van der Waals surface area contributed by atoms with Gasteiger partial charge in [0.2, 0.25) is 0 Å². The average Bonchev–Trinajstić information content (AvgIpc) is 1.83. The maximum absolute atomic E-state index is 4.68. The Morgan fingerprint density at radius 3 is 2.62 bits per heavy atom. The van der Waals surface area contributed by atoms with Crippen LogP contribution >= 0.6 is 0 Å². The molecule has 0 aliphatic heterocycles. The monoisotopic (exact) mass is 114 g/mol. The molecular weight excluding hydrogens is 104 g/mol. The maximum Gasteiger partial charge on any atom is 0.0391 e. The summed E-state index contributed by atoms with van der Waals surface area (Å²) in [5, 5.41) is 9.81. The highest BCUT2D eigenvalue weighted by Gasteiger charge is 1.79. The Morgan fingerprint density at radius 1 is 1.62 bits per heavy atom. The van der Waals surface area contributed by atoms with Crippen LogP contribution in [0.4, 0.5) is 0 Å². The van der Waals surface area contributed by atoms with Gasteiger partial charge in [-0.2, -0.15) is 0 Å². The molecule has 2 N–H and O–H groups in total. The fourth-order valence-corrected chi connectivity index (χ4v) is 0.173. The number of nitrogens with two attached hydrogens (primary N) is 1. The van der Waals surface area contributed by atoms with E-state index in [0.29, 0.717) is 0 Å². The highest BCUT2D eigenvalue weighted by molar-refractivity contribution is 5.81. The van der Waals surface area contributed by atoms with Gasteiger partial charge < -0.3 is 5.84 Å². The second-order valence-corrected chi connectivity index (χ2v) is 1.39. The van der Waals surface area contributed by atoms with Crippen LogP contribution in [0, 0.1) is 0 Å². The highest BCUT2D eigenvalue weighted by Crippen LogP contribution is 1.83. The molecule has 0 saturated heterocycles. The Labute approximate surface area is 48.5 Å². The molecule has 0 amide bonds. The molecule has 0 aromatic rings. The van der Waals surface area contributed by atoms with E-state index in [2.05, 4.69) is 21.4 Å². The van der Waals surface area contributed by atoms with E-state index in [9.17, 15) is 0 Å².